The number of imidazole rings is 1. The second kappa shape index (κ2) is 8.61. The molecule has 5 heteroatoms. The van der Waals surface area contributed by atoms with Gasteiger partial charge in [-0.05, 0) is 37.3 Å². The quantitative estimate of drug-likeness (QED) is 0.514. The number of aryl methyl sites for hydroxylation is 1. The highest BCUT2D eigenvalue weighted by molar-refractivity contribution is 5.95. The lowest BCUT2D eigenvalue weighted by atomic mass is 10.1. The fourth-order valence-corrected chi connectivity index (χ4v) is 3.40. The van der Waals surface area contributed by atoms with Gasteiger partial charge in [0, 0.05) is 24.2 Å². The van der Waals surface area contributed by atoms with Crippen LogP contribution in [0.3, 0.4) is 0 Å². The zero-order valence-corrected chi connectivity index (χ0v) is 16.3. The van der Waals surface area contributed by atoms with Crippen molar-refractivity contribution in [3.05, 3.63) is 95.8 Å². The predicted molar refractivity (Wildman–Crippen MR) is 114 cm³/mol. The molecule has 0 saturated carbocycles. The molecule has 5 nitrogen and oxygen atoms in total. The van der Waals surface area contributed by atoms with Gasteiger partial charge in [-0.25, -0.2) is 4.98 Å². The molecule has 1 aromatic heterocycles. The molecule has 0 bridgehead atoms. The summed E-state index contributed by atoms with van der Waals surface area (Å²) in [6.07, 6.45) is 0. The van der Waals surface area contributed by atoms with Crippen LogP contribution < -0.4 is 10.1 Å². The molecule has 1 amide bonds. The van der Waals surface area contributed by atoms with Crippen molar-refractivity contribution in [2.24, 2.45) is 0 Å². The first-order valence-corrected chi connectivity index (χ1v) is 9.68. The number of carbonyl (C=O) groups is 1. The number of nitrogens with zero attached hydrogens (tertiary/aromatic N) is 2. The molecule has 1 heterocycles. The third kappa shape index (κ3) is 4.29. The number of carbonyl (C=O) groups excluding carboxylic acids is 1. The number of benzene rings is 3. The van der Waals surface area contributed by atoms with Crippen LogP contribution in [0.25, 0.3) is 11.0 Å². The summed E-state index contributed by atoms with van der Waals surface area (Å²) in [5, 5.41) is 3.02. The van der Waals surface area contributed by atoms with Crippen LogP contribution in [0.5, 0.6) is 5.75 Å². The van der Waals surface area contributed by atoms with E-state index in [-0.39, 0.29) is 5.91 Å². The molecule has 0 spiro atoms. The minimum atomic E-state index is -0.0978. The number of hydrogen-bond donors (Lipinski definition) is 1. The molecule has 0 saturated heterocycles. The number of amides is 1. The van der Waals surface area contributed by atoms with E-state index in [1.54, 1.807) is 0 Å². The Balaban J connectivity index is 1.40. The van der Waals surface area contributed by atoms with Crippen LogP contribution in [0.2, 0.25) is 0 Å². The lowest BCUT2D eigenvalue weighted by Crippen LogP contribution is -2.28. The van der Waals surface area contributed by atoms with Gasteiger partial charge in [-0.15, -0.1) is 0 Å². The zero-order valence-electron chi connectivity index (χ0n) is 16.3. The van der Waals surface area contributed by atoms with E-state index < -0.39 is 0 Å². The molecule has 4 aromatic rings. The maximum Gasteiger partial charge on any atom is 0.251 e. The maximum absolute atomic E-state index is 12.8. The maximum atomic E-state index is 12.8. The van der Waals surface area contributed by atoms with Gasteiger partial charge in [-0.2, -0.15) is 0 Å². The number of rotatable bonds is 7. The van der Waals surface area contributed by atoms with Gasteiger partial charge in [0.25, 0.3) is 5.91 Å². The number of para-hydroxylation sites is 3. The molecule has 29 heavy (non-hydrogen) atoms. The molecular formula is C24H23N3O2. The first kappa shape index (κ1) is 18.7. The average molecular weight is 385 g/mol. The van der Waals surface area contributed by atoms with Crippen LogP contribution >= 0.6 is 0 Å². The molecule has 146 valence electrons. The third-order valence-electron chi connectivity index (χ3n) is 4.87. The molecule has 4 rings (SSSR count). The molecule has 0 aliphatic heterocycles. The van der Waals surface area contributed by atoms with E-state index in [4.69, 9.17) is 4.74 Å². The lowest BCUT2D eigenvalue weighted by molar-refractivity contribution is 0.0949. The van der Waals surface area contributed by atoms with Crippen LogP contribution in [0, 0.1) is 6.92 Å². The van der Waals surface area contributed by atoms with E-state index >= 15 is 0 Å². The fourth-order valence-electron chi connectivity index (χ4n) is 3.40. The number of aromatic nitrogens is 2. The van der Waals surface area contributed by atoms with Gasteiger partial charge < -0.3 is 14.6 Å². The SMILES string of the molecule is Cc1nc2ccccc2n1CCNC(=O)c1ccccc1COc1ccccc1. The minimum absolute atomic E-state index is 0.0978. The van der Waals surface area contributed by atoms with Gasteiger partial charge in [-0.3, -0.25) is 4.79 Å². The van der Waals surface area contributed by atoms with Crippen LogP contribution in [0.4, 0.5) is 0 Å². The van der Waals surface area contributed by atoms with Crippen LogP contribution in [-0.4, -0.2) is 22.0 Å². The Hall–Kier alpha value is -3.60. The first-order valence-electron chi connectivity index (χ1n) is 9.68. The summed E-state index contributed by atoms with van der Waals surface area (Å²) in [6, 6.07) is 25.2. The van der Waals surface area contributed by atoms with Crippen molar-refractivity contribution in [2.45, 2.75) is 20.1 Å². The predicted octanol–water partition coefficient (Wildman–Crippen LogP) is 4.35. The zero-order chi connectivity index (χ0) is 20.1. The summed E-state index contributed by atoms with van der Waals surface area (Å²) >= 11 is 0. The molecule has 0 atom stereocenters. The Labute approximate surface area is 170 Å². The first-order chi connectivity index (χ1) is 14.2. The van der Waals surface area contributed by atoms with Gasteiger partial charge in [-0.1, -0.05) is 48.5 Å². The largest absolute Gasteiger partial charge is 0.489 e. The smallest absolute Gasteiger partial charge is 0.251 e. The second-order valence-corrected chi connectivity index (χ2v) is 6.81. The van der Waals surface area contributed by atoms with E-state index in [0.29, 0.717) is 25.3 Å². The minimum Gasteiger partial charge on any atom is -0.489 e. The highest BCUT2D eigenvalue weighted by atomic mass is 16.5. The Morgan fingerprint density at radius 2 is 1.69 bits per heavy atom. The third-order valence-corrected chi connectivity index (χ3v) is 4.87. The average Bonchev–Trinajstić information content (AvgIpc) is 3.08. The molecule has 0 radical (unpaired) electrons. The van der Waals surface area contributed by atoms with E-state index in [2.05, 4.69) is 14.9 Å². The van der Waals surface area contributed by atoms with Crippen molar-refractivity contribution in [3.63, 3.8) is 0 Å². The van der Waals surface area contributed by atoms with Crippen LogP contribution in [-0.2, 0) is 13.2 Å². The van der Waals surface area contributed by atoms with Gasteiger partial charge in [0.15, 0.2) is 0 Å². The summed E-state index contributed by atoms with van der Waals surface area (Å²) < 4.78 is 7.94. The number of fused-ring (bicyclic) bond motifs is 1. The van der Waals surface area contributed by atoms with Crippen molar-refractivity contribution in [3.8, 4) is 5.75 Å². The summed E-state index contributed by atoms with van der Waals surface area (Å²) in [4.78, 5) is 17.3. The normalized spacial score (nSPS) is 10.8. The highest BCUT2D eigenvalue weighted by Crippen LogP contribution is 2.16. The summed E-state index contributed by atoms with van der Waals surface area (Å²) in [6.45, 7) is 3.52. The molecular weight excluding hydrogens is 362 g/mol. The van der Waals surface area contributed by atoms with Crippen LogP contribution in [0.1, 0.15) is 21.7 Å². The molecule has 0 unspecified atom stereocenters. The molecule has 0 aliphatic carbocycles. The van der Waals surface area contributed by atoms with Crippen molar-refractivity contribution >= 4 is 16.9 Å². The van der Waals surface area contributed by atoms with Crippen molar-refractivity contribution in [2.75, 3.05) is 6.54 Å². The number of nitrogens with one attached hydrogen (secondary N) is 1. The van der Waals surface area contributed by atoms with E-state index in [1.165, 1.54) is 0 Å². The van der Waals surface area contributed by atoms with Gasteiger partial charge in [0.05, 0.1) is 11.0 Å². The molecule has 3 aromatic carbocycles. The van der Waals surface area contributed by atoms with E-state index in [1.807, 2.05) is 85.8 Å². The number of ether oxygens (including phenoxy) is 1. The fraction of sp³-hybridized carbons (Fsp3) is 0.167. The Kier molecular flexibility index (Phi) is 5.56. The van der Waals surface area contributed by atoms with Crippen molar-refractivity contribution < 1.29 is 9.53 Å². The molecule has 0 fully saturated rings. The Morgan fingerprint density at radius 3 is 2.55 bits per heavy atom. The summed E-state index contributed by atoms with van der Waals surface area (Å²) in [7, 11) is 0. The van der Waals surface area contributed by atoms with E-state index in [0.717, 1.165) is 28.2 Å². The summed E-state index contributed by atoms with van der Waals surface area (Å²) in [5.74, 6) is 1.63. The standard InChI is InChI=1S/C24H23N3O2/c1-18-26-22-13-7-8-14-23(22)27(18)16-15-25-24(28)21-12-6-5-9-19(21)17-29-20-10-3-2-4-11-20/h2-14H,15-17H2,1H3,(H,25,28). The van der Waals surface area contributed by atoms with Gasteiger partial charge >= 0.3 is 0 Å². The monoisotopic (exact) mass is 385 g/mol. The van der Waals surface area contributed by atoms with E-state index in [9.17, 15) is 4.79 Å². The van der Waals surface area contributed by atoms with Crippen molar-refractivity contribution in [1.29, 1.82) is 0 Å². The molecule has 1 N–H and O–H groups in total. The lowest BCUT2D eigenvalue weighted by Gasteiger charge is -2.12. The topological polar surface area (TPSA) is 56.2 Å². The van der Waals surface area contributed by atoms with Crippen LogP contribution in [0.15, 0.2) is 78.9 Å². The Bertz CT molecular complexity index is 1120. The summed E-state index contributed by atoms with van der Waals surface area (Å²) in [5.41, 5.74) is 3.55. The molecule has 0 aliphatic rings. The van der Waals surface area contributed by atoms with Crippen molar-refractivity contribution in [1.82, 2.24) is 14.9 Å². The van der Waals surface area contributed by atoms with Gasteiger partial charge in [0.1, 0.15) is 18.2 Å². The highest BCUT2D eigenvalue weighted by Gasteiger charge is 2.12. The number of hydrogen-bond acceptors (Lipinski definition) is 3. The Morgan fingerprint density at radius 1 is 0.966 bits per heavy atom. The van der Waals surface area contributed by atoms with Gasteiger partial charge in [0.2, 0.25) is 0 Å². The second-order valence-electron chi connectivity index (χ2n) is 6.81.